The van der Waals surface area contributed by atoms with Gasteiger partial charge in [-0.3, -0.25) is 0 Å². The molecule has 1 aliphatic rings. The van der Waals surface area contributed by atoms with Crippen molar-refractivity contribution in [3.63, 3.8) is 0 Å². The van der Waals surface area contributed by atoms with E-state index in [9.17, 15) is 0 Å². The molecule has 0 amide bonds. The van der Waals surface area contributed by atoms with Gasteiger partial charge in [-0.15, -0.1) is 0 Å². The van der Waals surface area contributed by atoms with Crippen molar-refractivity contribution in [2.24, 2.45) is 0 Å². The minimum absolute atomic E-state index is 0.901. The second-order valence-corrected chi connectivity index (χ2v) is 9.48. The lowest BCUT2D eigenvalue weighted by atomic mass is 10.0. The summed E-state index contributed by atoms with van der Waals surface area (Å²) >= 11 is 0. The standard InChI is InChI=1S/C10H21Si/c1-4-11(2,3)10-8-6-5-7-9-10/h4,10H,5-9H2,1-3H3. The Bertz CT molecular complexity index is 112. The molecule has 65 valence electrons. The first-order valence-electron chi connectivity index (χ1n) is 4.97. The van der Waals surface area contributed by atoms with Gasteiger partial charge >= 0.3 is 0 Å². The van der Waals surface area contributed by atoms with Crippen molar-refractivity contribution in [3.8, 4) is 0 Å². The highest BCUT2D eigenvalue weighted by atomic mass is 28.3. The largest absolute Gasteiger partial charge is 0.0690 e. The topological polar surface area (TPSA) is 0 Å². The van der Waals surface area contributed by atoms with E-state index >= 15 is 0 Å². The third kappa shape index (κ3) is 2.33. The molecule has 0 heterocycles. The van der Waals surface area contributed by atoms with Crippen LogP contribution >= 0.6 is 0 Å². The summed E-state index contributed by atoms with van der Waals surface area (Å²) in [5.41, 5.74) is 1.10. The molecule has 1 aliphatic carbocycles. The van der Waals surface area contributed by atoms with Gasteiger partial charge in [0, 0.05) is 0 Å². The average Bonchev–Trinajstić information content (AvgIpc) is 2.06. The fourth-order valence-corrected chi connectivity index (χ4v) is 4.45. The van der Waals surface area contributed by atoms with Crippen LogP contribution in [0.5, 0.6) is 0 Å². The Morgan fingerprint density at radius 2 is 1.64 bits per heavy atom. The lowest BCUT2D eigenvalue weighted by molar-refractivity contribution is 0.493. The molecule has 0 aromatic heterocycles. The molecule has 0 aliphatic heterocycles. The summed E-state index contributed by atoms with van der Waals surface area (Å²) in [5, 5.41) is 0. The highest BCUT2D eigenvalue weighted by molar-refractivity contribution is 6.82. The summed E-state index contributed by atoms with van der Waals surface area (Å²) in [5.74, 6) is 0. The van der Waals surface area contributed by atoms with E-state index in [0.717, 1.165) is 5.54 Å². The Morgan fingerprint density at radius 3 is 2.09 bits per heavy atom. The molecule has 0 spiro atoms. The summed E-state index contributed by atoms with van der Waals surface area (Å²) in [6.45, 7) is 7.30. The van der Waals surface area contributed by atoms with Gasteiger partial charge in [-0.1, -0.05) is 52.1 Å². The Labute approximate surface area is 72.4 Å². The molecule has 0 unspecified atom stereocenters. The SMILES string of the molecule is C[CH][Si](C)(C)C1CCCCC1. The van der Waals surface area contributed by atoms with Gasteiger partial charge in [0.15, 0.2) is 0 Å². The fourth-order valence-electron chi connectivity index (χ4n) is 2.08. The third-order valence-corrected chi connectivity index (χ3v) is 7.57. The zero-order valence-corrected chi connectivity index (χ0v) is 9.19. The molecule has 0 nitrogen and oxygen atoms in total. The second kappa shape index (κ2) is 3.75. The van der Waals surface area contributed by atoms with Crippen LogP contribution < -0.4 is 0 Å². The summed E-state index contributed by atoms with van der Waals surface area (Å²) in [6.07, 6.45) is 7.52. The molecular formula is C10H21Si. The van der Waals surface area contributed by atoms with Crippen LogP contribution in [-0.4, -0.2) is 8.07 Å². The van der Waals surface area contributed by atoms with E-state index in [0.29, 0.717) is 0 Å². The van der Waals surface area contributed by atoms with Crippen LogP contribution in [0.1, 0.15) is 39.0 Å². The molecule has 1 heteroatoms. The molecule has 1 rings (SSSR count). The van der Waals surface area contributed by atoms with E-state index in [4.69, 9.17) is 0 Å². The lowest BCUT2D eigenvalue weighted by Gasteiger charge is -2.34. The molecule has 1 saturated carbocycles. The van der Waals surface area contributed by atoms with Crippen LogP contribution in [0.25, 0.3) is 0 Å². The zero-order valence-electron chi connectivity index (χ0n) is 8.19. The Hall–Kier alpha value is 0.217. The summed E-state index contributed by atoms with van der Waals surface area (Å²) < 4.78 is 0. The van der Waals surface area contributed by atoms with Crippen LogP contribution in [0.4, 0.5) is 0 Å². The normalized spacial score (nSPS) is 22.1. The van der Waals surface area contributed by atoms with Crippen LogP contribution in [0.2, 0.25) is 18.6 Å². The van der Waals surface area contributed by atoms with Crippen molar-refractivity contribution in [3.05, 3.63) is 6.04 Å². The molecule has 0 N–H and O–H groups in total. The first-order valence-corrected chi connectivity index (χ1v) is 8.13. The molecule has 1 radical (unpaired) electrons. The van der Waals surface area contributed by atoms with Gasteiger partial charge in [0.25, 0.3) is 0 Å². The van der Waals surface area contributed by atoms with Crippen molar-refractivity contribution in [2.75, 3.05) is 0 Å². The first kappa shape index (κ1) is 9.31. The van der Waals surface area contributed by atoms with E-state index in [2.05, 4.69) is 26.1 Å². The summed E-state index contributed by atoms with van der Waals surface area (Å²) in [6, 6.07) is 2.52. The maximum atomic E-state index is 2.52. The van der Waals surface area contributed by atoms with Gasteiger partial charge in [-0.25, -0.2) is 0 Å². The number of hydrogen-bond donors (Lipinski definition) is 0. The van der Waals surface area contributed by atoms with Crippen molar-refractivity contribution in [1.29, 1.82) is 0 Å². The minimum Gasteiger partial charge on any atom is -0.0690 e. The van der Waals surface area contributed by atoms with Gasteiger partial charge in [0.05, 0.1) is 8.07 Å². The van der Waals surface area contributed by atoms with Gasteiger partial charge in [-0.05, 0) is 11.6 Å². The van der Waals surface area contributed by atoms with Crippen molar-refractivity contribution < 1.29 is 0 Å². The van der Waals surface area contributed by atoms with Crippen LogP contribution in [-0.2, 0) is 0 Å². The molecule has 0 aromatic carbocycles. The monoisotopic (exact) mass is 169 g/mol. The first-order chi connectivity index (χ1) is 5.17. The quantitative estimate of drug-likeness (QED) is 0.552. The Balaban J connectivity index is 2.43. The molecular weight excluding hydrogens is 148 g/mol. The van der Waals surface area contributed by atoms with E-state index in [1.165, 1.54) is 32.1 Å². The second-order valence-electron chi connectivity index (χ2n) is 4.44. The van der Waals surface area contributed by atoms with E-state index in [-0.39, 0.29) is 0 Å². The van der Waals surface area contributed by atoms with Crippen molar-refractivity contribution in [1.82, 2.24) is 0 Å². The molecule has 1 fully saturated rings. The summed E-state index contributed by atoms with van der Waals surface area (Å²) in [4.78, 5) is 0. The predicted octanol–water partition coefficient (Wildman–Crippen LogP) is 3.79. The van der Waals surface area contributed by atoms with Gasteiger partial charge in [0.1, 0.15) is 0 Å². The molecule has 0 saturated heterocycles. The molecule has 11 heavy (non-hydrogen) atoms. The lowest BCUT2D eigenvalue weighted by Crippen LogP contribution is -2.33. The average molecular weight is 169 g/mol. The van der Waals surface area contributed by atoms with E-state index in [1.807, 2.05) is 0 Å². The Morgan fingerprint density at radius 1 is 1.09 bits per heavy atom. The smallest absolute Gasteiger partial charge is 0.0533 e. The number of rotatable bonds is 2. The third-order valence-electron chi connectivity index (χ3n) is 3.40. The van der Waals surface area contributed by atoms with Crippen LogP contribution in [0, 0.1) is 6.04 Å². The molecule has 0 atom stereocenters. The van der Waals surface area contributed by atoms with Crippen molar-refractivity contribution >= 4 is 8.07 Å². The molecule has 0 aromatic rings. The van der Waals surface area contributed by atoms with Gasteiger partial charge < -0.3 is 0 Å². The van der Waals surface area contributed by atoms with E-state index < -0.39 is 8.07 Å². The van der Waals surface area contributed by atoms with E-state index in [1.54, 1.807) is 0 Å². The number of hydrogen-bond acceptors (Lipinski definition) is 0. The highest BCUT2D eigenvalue weighted by Crippen LogP contribution is 2.37. The van der Waals surface area contributed by atoms with Gasteiger partial charge in [-0.2, -0.15) is 0 Å². The van der Waals surface area contributed by atoms with Gasteiger partial charge in [0.2, 0.25) is 0 Å². The maximum absolute atomic E-state index is 2.52. The minimum atomic E-state index is -0.901. The molecule has 0 bridgehead atoms. The zero-order chi connectivity index (χ0) is 8.32. The fraction of sp³-hybridized carbons (Fsp3) is 0.900. The van der Waals surface area contributed by atoms with Crippen LogP contribution in [0.15, 0.2) is 0 Å². The van der Waals surface area contributed by atoms with Crippen LogP contribution in [0.3, 0.4) is 0 Å². The summed E-state index contributed by atoms with van der Waals surface area (Å²) in [7, 11) is -0.901. The predicted molar refractivity (Wildman–Crippen MR) is 54.3 cm³/mol. The van der Waals surface area contributed by atoms with Crippen molar-refractivity contribution in [2.45, 2.75) is 57.7 Å². The maximum Gasteiger partial charge on any atom is 0.0533 e. The Kier molecular flexibility index (Phi) is 3.17. The highest BCUT2D eigenvalue weighted by Gasteiger charge is 2.30.